The highest BCUT2D eigenvalue weighted by Crippen LogP contribution is 2.23. The van der Waals surface area contributed by atoms with Crippen LogP contribution in [-0.4, -0.2) is 41.4 Å². The van der Waals surface area contributed by atoms with Crippen LogP contribution in [0.4, 0.5) is 15.9 Å². The molecule has 0 radical (unpaired) electrons. The minimum absolute atomic E-state index is 0.141. The second-order valence-electron chi connectivity index (χ2n) is 4.69. The molecule has 2 aromatic heterocycles. The molecule has 3 rings (SSSR count). The molecular weight excluding hydrogens is 297 g/mol. The third-order valence-corrected chi connectivity index (χ3v) is 3.79. The maximum Gasteiger partial charge on any atom is 0.285 e. The number of aromatic nitrogens is 3. The van der Waals surface area contributed by atoms with Crippen LogP contribution in [0, 0.1) is 5.95 Å². The topological polar surface area (TPSA) is 65.1 Å². The number of anilines is 2. The lowest BCUT2D eigenvalue weighted by Crippen LogP contribution is -2.47. The average molecular weight is 310 g/mol. The molecular formula is C13H13ClFN5O. The summed E-state index contributed by atoms with van der Waals surface area (Å²) < 4.78 is 13.1. The third-order valence-electron chi connectivity index (χ3n) is 3.42. The van der Waals surface area contributed by atoms with E-state index in [-0.39, 0.29) is 5.02 Å². The Hall–Kier alpha value is -2.15. The highest BCUT2D eigenvalue weighted by molar-refractivity contribution is 6.33. The highest BCUT2D eigenvalue weighted by Gasteiger charge is 2.21. The predicted molar refractivity (Wildman–Crippen MR) is 78.5 cm³/mol. The standard InChI is InChI=1S/C13H13ClFN5O/c14-12-9(8-16-18-13(12)21)19-4-6-20(7-5-19)11-3-1-2-10(15)17-11/h1-3,8H,4-7H2,(H,18,21). The number of nitrogens with one attached hydrogen (secondary N) is 1. The van der Waals surface area contributed by atoms with Gasteiger partial charge in [0, 0.05) is 26.2 Å². The van der Waals surface area contributed by atoms with E-state index in [1.165, 1.54) is 6.07 Å². The predicted octanol–water partition coefficient (Wildman–Crippen LogP) is 1.28. The summed E-state index contributed by atoms with van der Waals surface area (Å²) in [5, 5.41) is 6.20. The summed E-state index contributed by atoms with van der Waals surface area (Å²) in [4.78, 5) is 19.3. The molecule has 0 unspecified atom stereocenters. The van der Waals surface area contributed by atoms with Gasteiger partial charge in [0.15, 0.2) is 0 Å². The summed E-state index contributed by atoms with van der Waals surface area (Å²) in [7, 11) is 0. The largest absolute Gasteiger partial charge is 0.365 e. The Morgan fingerprint density at radius 3 is 2.62 bits per heavy atom. The van der Waals surface area contributed by atoms with Gasteiger partial charge in [-0.2, -0.15) is 9.49 Å². The van der Waals surface area contributed by atoms with Crippen LogP contribution in [0.25, 0.3) is 0 Å². The lowest BCUT2D eigenvalue weighted by atomic mass is 10.2. The minimum atomic E-state index is -0.489. The molecule has 0 atom stereocenters. The monoisotopic (exact) mass is 309 g/mol. The molecule has 2 aromatic rings. The zero-order valence-corrected chi connectivity index (χ0v) is 11.8. The molecule has 0 spiro atoms. The summed E-state index contributed by atoms with van der Waals surface area (Å²) >= 11 is 6.00. The van der Waals surface area contributed by atoms with Crippen LogP contribution in [0.1, 0.15) is 0 Å². The van der Waals surface area contributed by atoms with Crippen LogP contribution in [0.2, 0.25) is 5.02 Å². The summed E-state index contributed by atoms with van der Waals surface area (Å²) in [6, 6.07) is 4.74. The van der Waals surface area contributed by atoms with Crippen molar-refractivity contribution in [1.82, 2.24) is 15.2 Å². The summed E-state index contributed by atoms with van der Waals surface area (Å²) in [5.41, 5.74) is 0.218. The van der Waals surface area contributed by atoms with Gasteiger partial charge >= 0.3 is 0 Å². The minimum Gasteiger partial charge on any atom is -0.365 e. The van der Waals surface area contributed by atoms with Gasteiger partial charge in [-0.1, -0.05) is 17.7 Å². The summed E-state index contributed by atoms with van der Waals surface area (Å²) in [6.45, 7) is 2.64. The molecule has 6 nitrogen and oxygen atoms in total. The van der Waals surface area contributed by atoms with Gasteiger partial charge in [-0.3, -0.25) is 4.79 Å². The number of rotatable bonds is 2. The SMILES string of the molecule is O=c1[nH]ncc(N2CCN(c3cccc(F)n3)CC2)c1Cl. The molecule has 0 aromatic carbocycles. The number of nitrogens with zero attached hydrogens (tertiary/aromatic N) is 4. The third kappa shape index (κ3) is 2.82. The van der Waals surface area contributed by atoms with Crippen molar-refractivity contribution in [1.29, 1.82) is 0 Å². The molecule has 110 valence electrons. The Balaban J connectivity index is 1.73. The molecule has 0 bridgehead atoms. The molecule has 0 saturated carbocycles. The fourth-order valence-electron chi connectivity index (χ4n) is 2.34. The van der Waals surface area contributed by atoms with Crippen LogP contribution in [0.3, 0.4) is 0 Å². The number of pyridine rings is 1. The Morgan fingerprint density at radius 1 is 1.19 bits per heavy atom. The van der Waals surface area contributed by atoms with E-state index >= 15 is 0 Å². The van der Waals surface area contributed by atoms with Crippen LogP contribution in [0.15, 0.2) is 29.2 Å². The molecule has 1 aliphatic rings. The Labute approximate surface area is 125 Å². The zero-order valence-electron chi connectivity index (χ0n) is 11.1. The highest BCUT2D eigenvalue weighted by atomic mass is 35.5. The van der Waals surface area contributed by atoms with Gasteiger partial charge in [0.1, 0.15) is 10.8 Å². The van der Waals surface area contributed by atoms with Crippen molar-refractivity contribution in [3.63, 3.8) is 0 Å². The number of hydrogen-bond donors (Lipinski definition) is 1. The number of H-pyrrole nitrogens is 1. The fourth-order valence-corrected chi connectivity index (χ4v) is 2.56. The van der Waals surface area contributed by atoms with Gasteiger partial charge in [-0.25, -0.2) is 10.1 Å². The van der Waals surface area contributed by atoms with E-state index in [2.05, 4.69) is 15.2 Å². The zero-order chi connectivity index (χ0) is 14.8. The molecule has 0 amide bonds. The van der Waals surface area contributed by atoms with Crippen molar-refractivity contribution < 1.29 is 4.39 Å². The first-order valence-corrected chi connectivity index (χ1v) is 6.88. The van der Waals surface area contributed by atoms with Crippen molar-refractivity contribution >= 4 is 23.1 Å². The van der Waals surface area contributed by atoms with E-state index in [4.69, 9.17) is 11.6 Å². The normalized spacial score (nSPS) is 15.3. The quantitative estimate of drug-likeness (QED) is 0.847. The van der Waals surface area contributed by atoms with Gasteiger partial charge in [0.2, 0.25) is 5.95 Å². The maximum atomic E-state index is 13.1. The molecule has 0 aliphatic carbocycles. The van der Waals surface area contributed by atoms with Crippen molar-refractivity contribution in [2.24, 2.45) is 0 Å². The van der Waals surface area contributed by atoms with Crippen LogP contribution in [0.5, 0.6) is 0 Å². The van der Waals surface area contributed by atoms with E-state index in [9.17, 15) is 9.18 Å². The van der Waals surface area contributed by atoms with Gasteiger partial charge in [-0.05, 0) is 12.1 Å². The maximum absolute atomic E-state index is 13.1. The van der Waals surface area contributed by atoms with E-state index < -0.39 is 11.5 Å². The molecule has 1 fully saturated rings. The van der Waals surface area contributed by atoms with E-state index in [1.807, 2.05) is 9.80 Å². The van der Waals surface area contributed by atoms with Crippen LogP contribution >= 0.6 is 11.6 Å². The second kappa shape index (κ2) is 5.69. The molecule has 21 heavy (non-hydrogen) atoms. The average Bonchev–Trinajstić information content (AvgIpc) is 2.50. The molecule has 8 heteroatoms. The summed E-state index contributed by atoms with van der Waals surface area (Å²) in [6.07, 6.45) is 1.54. The number of aromatic amines is 1. The van der Waals surface area contributed by atoms with Gasteiger partial charge in [0.25, 0.3) is 5.56 Å². The lowest BCUT2D eigenvalue weighted by Gasteiger charge is -2.36. The van der Waals surface area contributed by atoms with Crippen LogP contribution < -0.4 is 15.4 Å². The number of hydrogen-bond acceptors (Lipinski definition) is 5. The van der Waals surface area contributed by atoms with Gasteiger partial charge in [-0.15, -0.1) is 0 Å². The van der Waals surface area contributed by atoms with E-state index in [1.54, 1.807) is 18.3 Å². The first-order valence-electron chi connectivity index (χ1n) is 6.51. The fraction of sp³-hybridized carbons (Fsp3) is 0.308. The molecule has 1 aliphatic heterocycles. The lowest BCUT2D eigenvalue weighted by molar-refractivity contribution is 0.575. The van der Waals surface area contributed by atoms with Crippen molar-refractivity contribution in [3.8, 4) is 0 Å². The van der Waals surface area contributed by atoms with E-state index in [0.717, 1.165) is 0 Å². The smallest absolute Gasteiger partial charge is 0.285 e. The Kier molecular flexibility index (Phi) is 3.74. The van der Waals surface area contributed by atoms with Crippen molar-refractivity contribution in [2.45, 2.75) is 0 Å². The van der Waals surface area contributed by atoms with Gasteiger partial charge in [0.05, 0.1) is 11.9 Å². The molecule has 3 heterocycles. The molecule has 1 N–H and O–H groups in total. The molecule has 1 saturated heterocycles. The second-order valence-corrected chi connectivity index (χ2v) is 5.07. The first kappa shape index (κ1) is 13.8. The van der Waals surface area contributed by atoms with Crippen molar-refractivity contribution in [2.75, 3.05) is 36.0 Å². The Morgan fingerprint density at radius 2 is 1.90 bits per heavy atom. The Bertz CT molecular complexity index is 699. The van der Waals surface area contributed by atoms with E-state index in [0.29, 0.717) is 37.7 Å². The van der Waals surface area contributed by atoms with Crippen molar-refractivity contribution in [3.05, 3.63) is 45.7 Å². The summed E-state index contributed by atoms with van der Waals surface area (Å²) in [5.74, 6) is 0.126. The van der Waals surface area contributed by atoms with Gasteiger partial charge < -0.3 is 9.80 Å². The number of halogens is 2. The first-order chi connectivity index (χ1) is 10.1. The number of piperazine rings is 1. The van der Waals surface area contributed by atoms with Crippen LogP contribution in [-0.2, 0) is 0 Å².